The van der Waals surface area contributed by atoms with Gasteiger partial charge in [-0.05, 0) is 43.3 Å². The molecular weight excluding hydrogens is 350 g/mol. The highest BCUT2D eigenvalue weighted by atomic mass is 32.2. The zero-order valence-corrected chi connectivity index (χ0v) is 15.1. The average Bonchev–Trinajstić information content (AvgIpc) is 2.67. The Morgan fingerprint density at radius 3 is 2.50 bits per heavy atom. The molecule has 2 N–H and O–H groups in total. The summed E-state index contributed by atoms with van der Waals surface area (Å²) in [6, 6.07) is 15.9. The van der Waals surface area contributed by atoms with Gasteiger partial charge in [-0.2, -0.15) is 0 Å². The lowest BCUT2D eigenvalue weighted by molar-refractivity contribution is -0.116. The van der Waals surface area contributed by atoms with Gasteiger partial charge in [0.05, 0.1) is 16.1 Å². The second-order valence-corrected chi connectivity index (χ2v) is 7.67. The molecule has 0 atom stereocenters. The fourth-order valence-electron chi connectivity index (χ4n) is 2.63. The quantitative estimate of drug-likeness (QED) is 0.699. The van der Waals surface area contributed by atoms with Crippen LogP contribution in [-0.2, 0) is 21.2 Å². The van der Waals surface area contributed by atoms with E-state index >= 15 is 0 Å². The van der Waals surface area contributed by atoms with Crippen molar-refractivity contribution in [2.45, 2.75) is 17.7 Å². The first-order chi connectivity index (χ1) is 12.5. The summed E-state index contributed by atoms with van der Waals surface area (Å²) in [5, 5.41) is 3.86. The minimum atomic E-state index is -3.44. The van der Waals surface area contributed by atoms with Crippen LogP contribution in [0, 0.1) is 0 Å². The number of benzene rings is 2. The molecule has 0 unspecified atom stereocenters. The van der Waals surface area contributed by atoms with Crippen molar-refractivity contribution < 1.29 is 13.2 Å². The lowest BCUT2D eigenvalue weighted by Crippen LogP contribution is -2.18. The Labute approximate surface area is 152 Å². The van der Waals surface area contributed by atoms with Crippen molar-refractivity contribution in [3.05, 3.63) is 66.4 Å². The number of fused-ring (bicyclic) bond motifs is 1. The summed E-state index contributed by atoms with van der Waals surface area (Å²) in [6.07, 6.45) is 2.50. The van der Waals surface area contributed by atoms with Gasteiger partial charge in [0, 0.05) is 18.0 Å². The average molecular weight is 369 g/mol. The number of nitrogens with zero attached hydrogens (tertiary/aromatic N) is 1. The maximum Gasteiger partial charge on any atom is 0.240 e. The Bertz CT molecular complexity index is 1030. The van der Waals surface area contributed by atoms with Gasteiger partial charge in [0.15, 0.2) is 0 Å². The van der Waals surface area contributed by atoms with E-state index in [0.29, 0.717) is 18.5 Å². The highest BCUT2D eigenvalue weighted by molar-refractivity contribution is 7.89. The van der Waals surface area contributed by atoms with Crippen molar-refractivity contribution in [2.75, 3.05) is 12.4 Å². The van der Waals surface area contributed by atoms with E-state index in [-0.39, 0.29) is 10.8 Å². The van der Waals surface area contributed by atoms with Crippen molar-refractivity contribution in [2.24, 2.45) is 0 Å². The molecule has 0 radical (unpaired) electrons. The lowest BCUT2D eigenvalue weighted by atomic mass is 10.1. The first-order valence-corrected chi connectivity index (χ1v) is 9.64. The number of sulfonamides is 1. The number of carbonyl (C=O) groups is 1. The Kier molecular flexibility index (Phi) is 5.29. The molecule has 0 fully saturated rings. The van der Waals surface area contributed by atoms with E-state index in [4.69, 9.17) is 0 Å². The standard InChI is InChI=1S/C19H19N3O3S/c1-20-26(24,25)16-10-7-14(8-11-16)9-12-18(23)22-17-6-2-4-15-5-3-13-21-19(15)17/h2-8,10-11,13,20H,9,12H2,1H3,(H,22,23). The molecule has 6 nitrogen and oxygen atoms in total. The van der Waals surface area contributed by atoms with Crippen LogP contribution in [0.1, 0.15) is 12.0 Å². The van der Waals surface area contributed by atoms with Gasteiger partial charge in [-0.3, -0.25) is 9.78 Å². The number of para-hydroxylation sites is 1. The zero-order chi connectivity index (χ0) is 18.6. The summed E-state index contributed by atoms with van der Waals surface area (Å²) in [6.45, 7) is 0. The summed E-state index contributed by atoms with van der Waals surface area (Å²) >= 11 is 0. The number of hydrogen-bond acceptors (Lipinski definition) is 4. The normalized spacial score (nSPS) is 11.4. The number of hydrogen-bond donors (Lipinski definition) is 2. The van der Waals surface area contributed by atoms with E-state index in [1.807, 2.05) is 30.3 Å². The maximum absolute atomic E-state index is 12.3. The van der Waals surface area contributed by atoms with Crippen LogP contribution in [0.2, 0.25) is 0 Å². The van der Waals surface area contributed by atoms with Gasteiger partial charge in [0.25, 0.3) is 0 Å². The van der Waals surface area contributed by atoms with Gasteiger partial charge in [-0.1, -0.05) is 30.3 Å². The molecule has 0 saturated carbocycles. The SMILES string of the molecule is CNS(=O)(=O)c1ccc(CCC(=O)Nc2cccc3cccnc23)cc1. The van der Waals surface area contributed by atoms with Crippen molar-refractivity contribution in [1.82, 2.24) is 9.71 Å². The van der Waals surface area contributed by atoms with E-state index in [1.165, 1.54) is 19.2 Å². The number of rotatable bonds is 6. The molecular formula is C19H19N3O3S. The fraction of sp³-hybridized carbons (Fsp3) is 0.158. The Balaban J connectivity index is 1.64. The molecule has 0 spiro atoms. The monoisotopic (exact) mass is 369 g/mol. The second kappa shape index (κ2) is 7.63. The van der Waals surface area contributed by atoms with Crippen LogP contribution < -0.4 is 10.0 Å². The highest BCUT2D eigenvalue weighted by Crippen LogP contribution is 2.21. The highest BCUT2D eigenvalue weighted by Gasteiger charge is 2.11. The number of anilines is 1. The van der Waals surface area contributed by atoms with E-state index in [0.717, 1.165) is 16.5 Å². The van der Waals surface area contributed by atoms with Crippen LogP contribution in [-0.4, -0.2) is 26.4 Å². The van der Waals surface area contributed by atoms with Gasteiger partial charge >= 0.3 is 0 Å². The predicted octanol–water partition coefficient (Wildman–Crippen LogP) is 2.71. The first-order valence-electron chi connectivity index (χ1n) is 8.16. The predicted molar refractivity (Wildman–Crippen MR) is 101 cm³/mol. The van der Waals surface area contributed by atoms with E-state index < -0.39 is 10.0 Å². The lowest BCUT2D eigenvalue weighted by Gasteiger charge is -2.08. The smallest absolute Gasteiger partial charge is 0.240 e. The second-order valence-electron chi connectivity index (χ2n) is 5.78. The van der Waals surface area contributed by atoms with Crippen LogP contribution in [0.15, 0.2) is 65.7 Å². The molecule has 0 aliphatic rings. The summed E-state index contributed by atoms with van der Waals surface area (Å²) in [5.41, 5.74) is 2.33. The van der Waals surface area contributed by atoms with Crippen molar-refractivity contribution >= 4 is 32.5 Å². The molecule has 26 heavy (non-hydrogen) atoms. The van der Waals surface area contributed by atoms with Crippen molar-refractivity contribution in [3.8, 4) is 0 Å². The summed E-state index contributed by atoms with van der Waals surface area (Å²) < 4.78 is 25.7. The van der Waals surface area contributed by atoms with Crippen LogP contribution in [0.5, 0.6) is 0 Å². The number of pyridine rings is 1. The topological polar surface area (TPSA) is 88.2 Å². The third-order valence-electron chi connectivity index (χ3n) is 4.05. The molecule has 1 aromatic heterocycles. The molecule has 3 rings (SSSR count). The third-order valence-corrected chi connectivity index (χ3v) is 5.48. The van der Waals surface area contributed by atoms with Gasteiger partial charge in [0.1, 0.15) is 0 Å². The van der Waals surface area contributed by atoms with Crippen LogP contribution in [0.3, 0.4) is 0 Å². The number of carbonyl (C=O) groups excluding carboxylic acids is 1. The van der Waals surface area contributed by atoms with Crippen molar-refractivity contribution in [1.29, 1.82) is 0 Å². The van der Waals surface area contributed by atoms with Crippen LogP contribution in [0.25, 0.3) is 10.9 Å². The van der Waals surface area contributed by atoms with Crippen molar-refractivity contribution in [3.63, 3.8) is 0 Å². The number of aromatic nitrogens is 1. The molecule has 2 aromatic carbocycles. The fourth-order valence-corrected chi connectivity index (χ4v) is 3.36. The molecule has 0 aliphatic heterocycles. The van der Waals surface area contributed by atoms with Crippen LogP contribution in [0.4, 0.5) is 5.69 Å². The number of aryl methyl sites for hydroxylation is 1. The molecule has 1 heterocycles. The summed E-state index contributed by atoms with van der Waals surface area (Å²) in [4.78, 5) is 16.8. The molecule has 0 saturated heterocycles. The minimum Gasteiger partial charge on any atom is -0.324 e. The third kappa shape index (κ3) is 4.07. The molecule has 0 aliphatic carbocycles. The van der Waals surface area contributed by atoms with Gasteiger partial charge in [-0.25, -0.2) is 13.1 Å². The van der Waals surface area contributed by atoms with Gasteiger partial charge < -0.3 is 5.32 Å². The molecule has 0 bridgehead atoms. The largest absolute Gasteiger partial charge is 0.324 e. The Morgan fingerprint density at radius 2 is 1.77 bits per heavy atom. The number of amides is 1. The molecule has 134 valence electrons. The zero-order valence-electron chi connectivity index (χ0n) is 14.3. The van der Waals surface area contributed by atoms with Gasteiger partial charge in [0.2, 0.25) is 15.9 Å². The summed E-state index contributed by atoms with van der Waals surface area (Å²) in [5.74, 6) is -0.116. The Hall–Kier alpha value is -2.77. The Morgan fingerprint density at radius 1 is 1.04 bits per heavy atom. The first kappa shape index (κ1) is 18.0. The maximum atomic E-state index is 12.3. The van der Waals surface area contributed by atoms with Gasteiger partial charge in [-0.15, -0.1) is 0 Å². The van der Waals surface area contributed by atoms with E-state index in [9.17, 15) is 13.2 Å². The van der Waals surface area contributed by atoms with E-state index in [1.54, 1.807) is 18.3 Å². The van der Waals surface area contributed by atoms with Crippen LogP contribution >= 0.6 is 0 Å². The summed E-state index contributed by atoms with van der Waals surface area (Å²) in [7, 11) is -2.07. The molecule has 1 amide bonds. The molecule has 7 heteroatoms. The number of nitrogens with one attached hydrogen (secondary N) is 2. The van der Waals surface area contributed by atoms with E-state index in [2.05, 4.69) is 15.0 Å². The minimum absolute atomic E-state index is 0.116. The molecule has 3 aromatic rings.